The molecular formula is C12H17NO2. The van der Waals surface area contributed by atoms with Gasteiger partial charge in [-0.2, -0.15) is 0 Å². The maximum absolute atomic E-state index is 10.6. The Morgan fingerprint density at radius 3 is 2.33 bits per heavy atom. The molecule has 1 rings (SSSR count). The summed E-state index contributed by atoms with van der Waals surface area (Å²) in [4.78, 5) is 10.6. The Kier molecular flexibility index (Phi) is 3.03. The van der Waals surface area contributed by atoms with Crippen molar-refractivity contribution in [2.24, 2.45) is 5.73 Å². The van der Waals surface area contributed by atoms with Gasteiger partial charge in [-0.1, -0.05) is 26.8 Å². The normalized spacial score (nSPS) is 11.2. The summed E-state index contributed by atoms with van der Waals surface area (Å²) in [5.74, 6) is 0.507. The molecule has 0 aliphatic heterocycles. The maximum Gasteiger partial charge on any atom is 0.409 e. The van der Waals surface area contributed by atoms with Crippen LogP contribution in [0.25, 0.3) is 0 Å². The SMILES string of the molecule is Cc1cc(OC(N)=O)cc(C(C)(C)C)c1. The van der Waals surface area contributed by atoms with Gasteiger partial charge in [-0.05, 0) is 35.6 Å². The lowest BCUT2D eigenvalue weighted by atomic mass is 9.86. The van der Waals surface area contributed by atoms with E-state index < -0.39 is 6.09 Å². The van der Waals surface area contributed by atoms with E-state index in [0.29, 0.717) is 5.75 Å². The molecule has 2 N–H and O–H groups in total. The van der Waals surface area contributed by atoms with Crippen LogP contribution in [0.4, 0.5) is 4.79 Å². The fourth-order valence-corrected chi connectivity index (χ4v) is 1.36. The summed E-state index contributed by atoms with van der Waals surface area (Å²) in [6.07, 6.45) is -0.777. The van der Waals surface area contributed by atoms with E-state index in [4.69, 9.17) is 10.5 Å². The first-order valence-corrected chi connectivity index (χ1v) is 4.88. The second-order valence-electron chi connectivity index (χ2n) is 4.71. The number of benzene rings is 1. The topological polar surface area (TPSA) is 52.3 Å². The molecule has 0 heterocycles. The molecule has 3 nitrogen and oxygen atoms in total. The molecular weight excluding hydrogens is 190 g/mol. The Hall–Kier alpha value is -1.51. The van der Waals surface area contributed by atoms with E-state index in [1.807, 2.05) is 13.0 Å². The standard InChI is InChI=1S/C12H17NO2/c1-8-5-9(12(2,3)4)7-10(6-8)15-11(13)14/h5-7H,1-4H3,(H2,13,14). The van der Waals surface area contributed by atoms with Crippen LogP contribution in [-0.2, 0) is 5.41 Å². The zero-order valence-corrected chi connectivity index (χ0v) is 9.63. The number of carbonyl (C=O) groups excluding carboxylic acids is 1. The van der Waals surface area contributed by atoms with Gasteiger partial charge in [0.2, 0.25) is 0 Å². The van der Waals surface area contributed by atoms with Crippen LogP contribution in [0.2, 0.25) is 0 Å². The highest BCUT2D eigenvalue weighted by Crippen LogP contribution is 2.27. The Morgan fingerprint density at radius 2 is 1.87 bits per heavy atom. The molecule has 0 fully saturated rings. The fraction of sp³-hybridized carbons (Fsp3) is 0.417. The third kappa shape index (κ3) is 3.27. The molecule has 0 aliphatic rings. The molecule has 1 aromatic carbocycles. The highest BCUT2D eigenvalue weighted by Gasteiger charge is 2.15. The van der Waals surface area contributed by atoms with Crippen LogP contribution in [0, 0.1) is 6.92 Å². The molecule has 0 unspecified atom stereocenters. The van der Waals surface area contributed by atoms with Crippen molar-refractivity contribution in [1.29, 1.82) is 0 Å². The maximum atomic E-state index is 10.6. The molecule has 1 amide bonds. The Labute approximate surface area is 90.2 Å². The van der Waals surface area contributed by atoms with E-state index in [2.05, 4.69) is 26.8 Å². The van der Waals surface area contributed by atoms with E-state index in [1.165, 1.54) is 0 Å². The molecule has 0 bridgehead atoms. The number of primary amides is 1. The Morgan fingerprint density at radius 1 is 1.27 bits per heavy atom. The number of hydrogen-bond acceptors (Lipinski definition) is 2. The van der Waals surface area contributed by atoms with Gasteiger partial charge >= 0.3 is 6.09 Å². The van der Waals surface area contributed by atoms with Crippen molar-refractivity contribution in [2.45, 2.75) is 33.1 Å². The number of nitrogens with two attached hydrogens (primary N) is 1. The van der Waals surface area contributed by atoms with Crippen LogP contribution in [0.1, 0.15) is 31.9 Å². The van der Waals surface area contributed by atoms with Crippen LogP contribution in [0.15, 0.2) is 18.2 Å². The molecule has 0 aromatic heterocycles. The number of rotatable bonds is 1. The molecule has 0 saturated carbocycles. The van der Waals surface area contributed by atoms with Crippen molar-refractivity contribution >= 4 is 6.09 Å². The van der Waals surface area contributed by atoms with Gasteiger partial charge in [0, 0.05) is 0 Å². The summed E-state index contributed by atoms with van der Waals surface area (Å²) in [6, 6.07) is 5.71. The minimum absolute atomic E-state index is 0.0295. The number of amides is 1. The molecule has 0 atom stereocenters. The summed E-state index contributed by atoms with van der Waals surface area (Å²) < 4.78 is 4.87. The van der Waals surface area contributed by atoms with E-state index in [9.17, 15) is 4.79 Å². The summed E-state index contributed by atoms with van der Waals surface area (Å²) in [5.41, 5.74) is 7.18. The summed E-state index contributed by atoms with van der Waals surface area (Å²) in [5, 5.41) is 0. The van der Waals surface area contributed by atoms with Crippen molar-refractivity contribution in [3.63, 3.8) is 0 Å². The quantitative estimate of drug-likeness (QED) is 0.769. The lowest BCUT2D eigenvalue weighted by molar-refractivity contribution is 0.211. The van der Waals surface area contributed by atoms with Crippen LogP contribution >= 0.6 is 0 Å². The molecule has 1 aromatic rings. The lowest BCUT2D eigenvalue weighted by Gasteiger charge is -2.20. The van der Waals surface area contributed by atoms with Crippen LogP contribution in [-0.4, -0.2) is 6.09 Å². The van der Waals surface area contributed by atoms with Crippen molar-refractivity contribution in [3.05, 3.63) is 29.3 Å². The average molecular weight is 207 g/mol. The van der Waals surface area contributed by atoms with E-state index >= 15 is 0 Å². The predicted molar refractivity (Wildman–Crippen MR) is 60.1 cm³/mol. The van der Waals surface area contributed by atoms with E-state index in [0.717, 1.165) is 11.1 Å². The molecule has 82 valence electrons. The molecule has 0 aliphatic carbocycles. The highest BCUT2D eigenvalue weighted by molar-refractivity contribution is 5.68. The van der Waals surface area contributed by atoms with Gasteiger partial charge in [-0.25, -0.2) is 4.79 Å². The van der Waals surface area contributed by atoms with Gasteiger partial charge in [0.1, 0.15) is 5.75 Å². The zero-order valence-electron chi connectivity index (χ0n) is 9.63. The Bertz CT molecular complexity index is 378. The van der Waals surface area contributed by atoms with Gasteiger partial charge in [-0.15, -0.1) is 0 Å². The van der Waals surface area contributed by atoms with Crippen molar-refractivity contribution in [3.8, 4) is 5.75 Å². The minimum atomic E-state index is -0.777. The molecule has 0 radical (unpaired) electrons. The minimum Gasteiger partial charge on any atom is -0.410 e. The zero-order chi connectivity index (χ0) is 11.6. The fourth-order valence-electron chi connectivity index (χ4n) is 1.36. The van der Waals surface area contributed by atoms with Gasteiger partial charge in [-0.3, -0.25) is 0 Å². The van der Waals surface area contributed by atoms with E-state index in [-0.39, 0.29) is 5.41 Å². The first-order chi connectivity index (χ1) is 6.79. The summed E-state index contributed by atoms with van der Waals surface area (Å²) in [6.45, 7) is 8.28. The smallest absolute Gasteiger partial charge is 0.409 e. The molecule has 15 heavy (non-hydrogen) atoms. The second kappa shape index (κ2) is 3.93. The largest absolute Gasteiger partial charge is 0.410 e. The number of aryl methyl sites for hydroxylation is 1. The number of hydrogen-bond donors (Lipinski definition) is 1. The lowest BCUT2D eigenvalue weighted by Crippen LogP contribution is -2.17. The van der Waals surface area contributed by atoms with E-state index in [1.54, 1.807) is 6.07 Å². The molecule has 0 spiro atoms. The van der Waals surface area contributed by atoms with Gasteiger partial charge < -0.3 is 10.5 Å². The van der Waals surface area contributed by atoms with Crippen molar-refractivity contribution in [2.75, 3.05) is 0 Å². The Balaban J connectivity index is 3.11. The first kappa shape index (κ1) is 11.6. The number of carbonyl (C=O) groups is 1. The predicted octanol–water partition coefficient (Wildman–Crippen LogP) is 2.75. The first-order valence-electron chi connectivity index (χ1n) is 4.88. The van der Waals surface area contributed by atoms with Gasteiger partial charge in [0.05, 0.1) is 0 Å². The van der Waals surface area contributed by atoms with Gasteiger partial charge in [0.15, 0.2) is 0 Å². The van der Waals surface area contributed by atoms with Crippen LogP contribution in [0.5, 0.6) is 5.75 Å². The van der Waals surface area contributed by atoms with Crippen LogP contribution in [0.3, 0.4) is 0 Å². The second-order valence-corrected chi connectivity index (χ2v) is 4.71. The van der Waals surface area contributed by atoms with Crippen LogP contribution < -0.4 is 10.5 Å². The van der Waals surface area contributed by atoms with Crippen molar-refractivity contribution < 1.29 is 9.53 Å². The summed E-state index contributed by atoms with van der Waals surface area (Å²) >= 11 is 0. The van der Waals surface area contributed by atoms with Crippen molar-refractivity contribution in [1.82, 2.24) is 0 Å². The summed E-state index contributed by atoms with van der Waals surface area (Å²) in [7, 11) is 0. The monoisotopic (exact) mass is 207 g/mol. The third-order valence-electron chi connectivity index (χ3n) is 2.14. The number of ether oxygens (including phenoxy) is 1. The molecule has 3 heteroatoms. The molecule has 0 saturated heterocycles. The highest BCUT2D eigenvalue weighted by atomic mass is 16.5. The third-order valence-corrected chi connectivity index (χ3v) is 2.14. The van der Waals surface area contributed by atoms with Gasteiger partial charge in [0.25, 0.3) is 0 Å². The average Bonchev–Trinajstić information content (AvgIpc) is 1.99.